The standard InChI is InChI=1S/C17H17Cl2N3O4S/c1-11-14(19)3-2-4-15(11)20-16(23)9-10-17(24)21-22-27(25,26)13-7-5-12(18)6-8-13/h2-8,22H,9-10H2,1H3,(H,20,23)(H,21,24). The van der Waals surface area contributed by atoms with Crippen LogP contribution in [0.5, 0.6) is 0 Å². The normalized spacial score (nSPS) is 11.1. The van der Waals surface area contributed by atoms with Crippen LogP contribution in [0.25, 0.3) is 0 Å². The molecule has 0 aliphatic heterocycles. The minimum absolute atomic E-state index is 0.0543. The fourth-order valence-electron chi connectivity index (χ4n) is 2.04. The molecule has 7 nitrogen and oxygen atoms in total. The average molecular weight is 430 g/mol. The van der Waals surface area contributed by atoms with E-state index in [-0.39, 0.29) is 17.7 Å². The number of rotatable bonds is 7. The highest BCUT2D eigenvalue weighted by atomic mass is 35.5. The Morgan fingerprint density at radius 3 is 2.26 bits per heavy atom. The van der Waals surface area contributed by atoms with Gasteiger partial charge in [0.2, 0.25) is 11.8 Å². The van der Waals surface area contributed by atoms with Gasteiger partial charge in [-0.25, -0.2) is 8.42 Å². The van der Waals surface area contributed by atoms with Crippen molar-refractivity contribution >= 4 is 50.7 Å². The zero-order valence-corrected chi connectivity index (χ0v) is 16.6. The first kappa shape index (κ1) is 21.2. The molecule has 0 unspecified atom stereocenters. The second kappa shape index (κ2) is 9.18. The molecule has 0 heterocycles. The van der Waals surface area contributed by atoms with Crippen LogP contribution in [-0.4, -0.2) is 20.2 Å². The van der Waals surface area contributed by atoms with Crippen LogP contribution in [0.2, 0.25) is 10.0 Å². The number of carbonyl (C=O) groups excluding carboxylic acids is 2. The molecule has 0 saturated heterocycles. The minimum atomic E-state index is -3.93. The number of hydrogen-bond acceptors (Lipinski definition) is 4. The number of nitrogens with one attached hydrogen (secondary N) is 3. The number of amides is 2. The first-order chi connectivity index (χ1) is 12.7. The predicted octanol–water partition coefficient (Wildman–Crippen LogP) is 3.03. The van der Waals surface area contributed by atoms with E-state index < -0.39 is 21.8 Å². The fraction of sp³-hybridized carbons (Fsp3) is 0.176. The Hall–Kier alpha value is -2.13. The molecule has 0 aromatic heterocycles. The Morgan fingerprint density at radius 2 is 1.59 bits per heavy atom. The van der Waals surface area contributed by atoms with Gasteiger partial charge in [-0.1, -0.05) is 29.3 Å². The van der Waals surface area contributed by atoms with Crippen LogP contribution < -0.4 is 15.6 Å². The van der Waals surface area contributed by atoms with E-state index in [1.807, 2.05) is 4.83 Å². The maximum absolute atomic E-state index is 12.0. The van der Waals surface area contributed by atoms with Gasteiger partial charge in [-0.15, -0.1) is 4.83 Å². The Labute approximate surface area is 167 Å². The fourth-order valence-corrected chi connectivity index (χ4v) is 3.20. The van der Waals surface area contributed by atoms with E-state index >= 15 is 0 Å². The molecule has 27 heavy (non-hydrogen) atoms. The summed E-state index contributed by atoms with van der Waals surface area (Å²) >= 11 is 11.7. The topological polar surface area (TPSA) is 104 Å². The second-order valence-electron chi connectivity index (χ2n) is 5.57. The highest BCUT2D eigenvalue weighted by Crippen LogP contribution is 2.23. The van der Waals surface area contributed by atoms with Crippen molar-refractivity contribution in [2.45, 2.75) is 24.7 Å². The second-order valence-corrected chi connectivity index (χ2v) is 8.09. The lowest BCUT2D eigenvalue weighted by Gasteiger charge is -2.10. The van der Waals surface area contributed by atoms with Crippen molar-refractivity contribution in [1.82, 2.24) is 10.3 Å². The largest absolute Gasteiger partial charge is 0.326 e. The highest BCUT2D eigenvalue weighted by Gasteiger charge is 2.15. The average Bonchev–Trinajstić information content (AvgIpc) is 2.62. The number of carbonyl (C=O) groups is 2. The van der Waals surface area contributed by atoms with Crippen molar-refractivity contribution < 1.29 is 18.0 Å². The molecule has 2 rings (SSSR count). The first-order valence-corrected chi connectivity index (χ1v) is 10.0. The van der Waals surface area contributed by atoms with Gasteiger partial charge in [-0.3, -0.25) is 15.0 Å². The molecule has 0 atom stereocenters. The van der Waals surface area contributed by atoms with E-state index in [9.17, 15) is 18.0 Å². The van der Waals surface area contributed by atoms with Crippen molar-refractivity contribution in [3.63, 3.8) is 0 Å². The van der Waals surface area contributed by atoms with Crippen LogP contribution in [0, 0.1) is 6.92 Å². The quantitative estimate of drug-likeness (QED) is 0.588. The van der Waals surface area contributed by atoms with Gasteiger partial charge in [0.15, 0.2) is 0 Å². The SMILES string of the molecule is Cc1c(Cl)cccc1NC(=O)CCC(=O)NNS(=O)(=O)c1ccc(Cl)cc1. The predicted molar refractivity (Wildman–Crippen MR) is 104 cm³/mol. The maximum Gasteiger partial charge on any atom is 0.257 e. The summed E-state index contributed by atoms with van der Waals surface area (Å²) in [4.78, 5) is 25.7. The smallest absolute Gasteiger partial charge is 0.257 e. The number of hydrogen-bond donors (Lipinski definition) is 3. The summed E-state index contributed by atoms with van der Waals surface area (Å²) in [6.07, 6.45) is -0.324. The Balaban J connectivity index is 1.82. The molecule has 0 spiro atoms. The van der Waals surface area contributed by atoms with Crippen LogP contribution in [0.15, 0.2) is 47.4 Å². The van der Waals surface area contributed by atoms with Crippen molar-refractivity contribution in [2.24, 2.45) is 0 Å². The van der Waals surface area contributed by atoms with Crippen molar-refractivity contribution in [3.05, 3.63) is 58.1 Å². The summed E-state index contributed by atoms with van der Waals surface area (Å²) in [6.45, 7) is 1.76. The third-order valence-electron chi connectivity index (χ3n) is 3.57. The van der Waals surface area contributed by atoms with Crippen LogP contribution >= 0.6 is 23.2 Å². The van der Waals surface area contributed by atoms with Gasteiger partial charge < -0.3 is 5.32 Å². The van der Waals surface area contributed by atoms with E-state index in [4.69, 9.17) is 23.2 Å². The molecule has 0 saturated carbocycles. The van der Waals surface area contributed by atoms with Gasteiger partial charge in [-0.2, -0.15) is 0 Å². The molecule has 0 bridgehead atoms. The number of sulfonamides is 1. The molecule has 0 aliphatic rings. The minimum Gasteiger partial charge on any atom is -0.326 e. The third-order valence-corrected chi connectivity index (χ3v) is 5.49. The zero-order valence-electron chi connectivity index (χ0n) is 14.3. The lowest BCUT2D eigenvalue weighted by Crippen LogP contribution is -2.41. The first-order valence-electron chi connectivity index (χ1n) is 7.80. The van der Waals surface area contributed by atoms with Gasteiger partial charge in [0, 0.05) is 28.6 Å². The summed E-state index contributed by atoms with van der Waals surface area (Å²) in [6, 6.07) is 10.5. The van der Waals surface area contributed by atoms with Gasteiger partial charge in [-0.05, 0) is 48.9 Å². The monoisotopic (exact) mass is 429 g/mol. The van der Waals surface area contributed by atoms with E-state index in [0.717, 1.165) is 0 Å². The molecule has 0 radical (unpaired) electrons. The van der Waals surface area contributed by atoms with E-state index in [1.165, 1.54) is 24.3 Å². The third kappa shape index (κ3) is 6.21. The zero-order chi connectivity index (χ0) is 20.0. The van der Waals surface area contributed by atoms with E-state index in [2.05, 4.69) is 10.7 Å². The lowest BCUT2D eigenvalue weighted by molar-refractivity contribution is -0.124. The molecular formula is C17H17Cl2N3O4S. The van der Waals surface area contributed by atoms with Crippen molar-refractivity contribution in [2.75, 3.05) is 5.32 Å². The number of anilines is 1. The van der Waals surface area contributed by atoms with Gasteiger partial charge >= 0.3 is 0 Å². The highest BCUT2D eigenvalue weighted by molar-refractivity contribution is 7.89. The summed E-state index contributed by atoms with van der Waals surface area (Å²) in [5.74, 6) is -1.04. The Kier molecular flexibility index (Phi) is 7.20. The van der Waals surface area contributed by atoms with Crippen molar-refractivity contribution in [1.29, 1.82) is 0 Å². The van der Waals surface area contributed by atoms with Crippen LogP contribution in [0.3, 0.4) is 0 Å². The Morgan fingerprint density at radius 1 is 0.963 bits per heavy atom. The van der Waals surface area contributed by atoms with Crippen molar-refractivity contribution in [3.8, 4) is 0 Å². The van der Waals surface area contributed by atoms with Gasteiger partial charge in [0.05, 0.1) is 4.90 Å². The molecule has 0 aliphatic carbocycles. The Bertz CT molecular complexity index is 947. The van der Waals surface area contributed by atoms with Crippen LogP contribution in [0.4, 0.5) is 5.69 Å². The van der Waals surface area contributed by atoms with Gasteiger partial charge in [0.1, 0.15) is 0 Å². The molecule has 144 valence electrons. The number of hydrazine groups is 1. The lowest BCUT2D eigenvalue weighted by atomic mass is 10.2. The molecule has 2 amide bonds. The summed E-state index contributed by atoms with van der Waals surface area (Å²) < 4.78 is 24.1. The number of benzene rings is 2. The molecule has 10 heteroatoms. The van der Waals surface area contributed by atoms with Crippen LogP contribution in [-0.2, 0) is 19.6 Å². The molecular weight excluding hydrogens is 413 g/mol. The van der Waals surface area contributed by atoms with Crippen LogP contribution in [0.1, 0.15) is 18.4 Å². The number of halogens is 2. The molecule has 3 N–H and O–H groups in total. The molecule has 2 aromatic rings. The summed E-state index contributed by atoms with van der Waals surface area (Å²) in [5, 5.41) is 3.56. The summed E-state index contributed by atoms with van der Waals surface area (Å²) in [5.41, 5.74) is 3.33. The summed E-state index contributed by atoms with van der Waals surface area (Å²) in [7, 11) is -3.93. The maximum atomic E-state index is 12.0. The molecule has 0 fully saturated rings. The van der Waals surface area contributed by atoms with Gasteiger partial charge in [0.25, 0.3) is 10.0 Å². The molecule has 2 aromatic carbocycles. The van der Waals surface area contributed by atoms with E-state index in [1.54, 1.807) is 25.1 Å². The van der Waals surface area contributed by atoms with E-state index in [0.29, 0.717) is 21.3 Å².